The zero-order valence-corrected chi connectivity index (χ0v) is 14.4. The molecule has 1 fully saturated rings. The molecule has 1 unspecified atom stereocenters. The average Bonchev–Trinajstić information content (AvgIpc) is 3.05. The number of para-hydroxylation sites is 1. The molecule has 2 aromatic rings. The molecule has 6 heteroatoms. The number of carbonyl (C=O) groups excluding carboxylic acids is 2. The number of carboxylic acids is 1. The largest absolute Gasteiger partial charge is 0.480 e. The SMILES string of the molecule is CC1(C(=O)O)CCCN1C(=O)c1ccc(C(=O)Nc2ccccc2)cc1. The molecular weight excluding hydrogens is 332 g/mol. The van der Waals surface area contributed by atoms with Crippen molar-refractivity contribution in [1.29, 1.82) is 0 Å². The van der Waals surface area contributed by atoms with Crippen LogP contribution in [0.3, 0.4) is 0 Å². The van der Waals surface area contributed by atoms with Gasteiger partial charge in [0, 0.05) is 23.4 Å². The number of amides is 2. The van der Waals surface area contributed by atoms with Crippen LogP contribution in [0.25, 0.3) is 0 Å². The van der Waals surface area contributed by atoms with Crippen LogP contribution in [0.1, 0.15) is 40.5 Å². The number of benzene rings is 2. The summed E-state index contributed by atoms with van der Waals surface area (Å²) in [6.07, 6.45) is 1.09. The Bertz CT molecular complexity index is 833. The van der Waals surface area contributed by atoms with Crippen molar-refractivity contribution in [2.45, 2.75) is 25.3 Å². The van der Waals surface area contributed by atoms with Gasteiger partial charge in [-0.3, -0.25) is 9.59 Å². The monoisotopic (exact) mass is 352 g/mol. The zero-order chi connectivity index (χ0) is 18.7. The summed E-state index contributed by atoms with van der Waals surface area (Å²) in [4.78, 5) is 37.9. The Morgan fingerprint density at radius 3 is 2.23 bits per heavy atom. The first-order valence-electron chi connectivity index (χ1n) is 8.44. The van der Waals surface area contributed by atoms with E-state index in [2.05, 4.69) is 5.32 Å². The van der Waals surface area contributed by atoms with Gasteiger partial charge in [-0.1, -0.05) is 18.2 Å². The number of rotatable bonds is 4. The predicted molar refractivity (Wildman–Crippen MR) is 97.1 cm³/mol. The second kappa shape index (κ2) is 7.00. The summed E-state index contributed by atoms with van der Waals surface area (Å²) in [6.45, 7) is 1.99. The van der Waals surface area contributed by atoms with Crippen molar-refractivity contribution in [2.24, 2.45) is 0 Å². The molecule has 2 N–H and O–H groups in total. The molecule has 0 bridgehead atoms. The number of nitrogens with one attached hydrogen (secondary N) is 1. The van der Waals surface area contributed by atoms with Gasteiger partial charge in [-0.2, -0.15) is 0 Å². The molecule has 2 amide bonds. The minimum atomic E-state index is -1.18. The van der Waals surface area contributed by atoms with E-state index >= 15 is 0 Å². The van der Waals surface area contributed by atoms with Crippen LogP contribution in [-0.2, 0) is 4.79 Å². The molecule has 1 saturated heterocycles. The molecule has 0 spiro atoms. The van der Waals surface area contributed by atoms with Gasteiger partial charge in [-0.15, -0.1) is 0 Å². The molecule has 6 nitrogen and oxygen atoms in total. The van der Waals surface area contributed by atoms with Crippen molar-refractivity contribution in [3.63, 3.8) is 0 Å². The van der Waals surface area contributed by atoms with Crippen LogP contribution in [0.5, 0.6) is 0 Å². The molecule has 1 aliphatic heterocycles. The van der Waals surface area contributed by atoms with Crippen molar-refractivity contribution in [2.75, 3.05) is 11.9 Å². The number of carboxylic acid groups (broad SMARTS) is 1. The van der Waals surface area contributed by atoms with E-state index in [1.165, 1.54) is 4.90 Å². The lowest BCUT2D eigenvalue weighted by Gasteiger charge is -2.31. The van der Waals surface area contributed by atoms with Crippen molar-refractivity contribution in [3.8, 4) is 0 Å². The summed E-state index contributed by atoms with van der Waals surface area (Å²) < 4.78 is 0. The molecule has 1 atom stereocenters. The number of hydrogen-bond donors (Lipinski definition) is 2. The fourth-order valence-electron chi connectivity index (χ4n) is 3.16. The smallest absolute Gasteiger partial charge is 0.329 e. The van der Waals surface area contributed by atoms with Crippen LogP contribution >= 0.6 is 0 Å². The van der Waals surface area contributed by atoms with E-state index in [9.17, 15) is 19.5 Å². The number of hydrogen-bond acceptors (Lipinski definition) is 3. The summed E-state index contributed by atoms with van der Waals surface area (Å²) in [5, 5.41) is 12.2. The summed E-state index contributed by atoms with van der Waals surface area (Å²) in [6, 6.07) is 15.3. The molecule has 3 rings (SSSR count). The van der Waals surface area contributed by atoms with Gasteiger partial charge in [0.15, 0.2) is 0 Å². The van der Waals surface area contributed by atoms with Crippen molar-refractivity contribution >= 4 is 23.5 Å². The first-order valence-corrected chi connectivity index (χ1v) is 8.44. The maximum absolute atomic E-state index is 12.7. The van der Waals surface area contributed by atoms with Gasteiger partial charge in [0.1, 0.15) is 5.54 Å². The average molecular weight is 352 g/mol. The van der Waals surface area contributed by atoms with Crippen LogP contribution in [0, 0.1) is 0 Å². The maximum Gasteiger partial charge on any atom is 0.329 e. The molecule has 0 saturated carbocycles. The van der Waals surface area contributed by atoms with Crippen molar-refractivity contribution < 1.29 is 19.5 Å². The van der Waals surface area contributed by atoms with Gasteiger partial charge in [-0.05, 0) is 56.2 Å². The van der Waals surface area contributed by atoms with Crippen molar-refractivity contribution in [1.82, 2.24) is 4.90 Å². The third-order valence-corrected chi connectivity index (χ3v) is 4.77. The Kier molecular flexibility index (Phi) is 4.75. The normalized spacial score (nSPS) is 19.2. The number of aliphatic carboxylic acids is 1. The Labute approximate surface area is 151 Å². The quantitative estimate of drug-likeness (QED) is 0.885. The summed E-state index contributed by atoms with van der Waals surface area (Å²) in [5.41, 5.74) is 0.302. The molecule has 1 aliphatic rings. The second-order valence-corrected chi connectivity index (χ2v) is 6.54. The van der Waals surface area contributed by atoms with E-state index in [-0.39, 0.29) is 11.8 Å². The maximum atomic E-state index is 12.7. The number of nitrogens with zero attached hydrogens (tertiary/aromatic N) is 1. The Hall–Kier alpha value is -3.15. The number of carbonyl (C=O) groups is 3. The summed E-state index contributed by atoms with van der Waals surface area (Å²) in [7, 11) is 0. The van der Waals surface area contributed by atoms with Gasteiger partial charge in [0.05, 0.1) is 0 Å². The molecule has 0 aliphatic carbocycles. The standard InChI is InChI=1S/C20H20N2O4/c1-20(19(25)26)12-5-13-22(20)18(24)15-10-8-14(9-11-15)17(23)21-16-6-3-2-4-7-16/h2-4,6-11H,5,12-13H2,1H3,(H,21,23)(H,25,26). The Morgan fingerprint density at radius 1 is 1.00 bits per heavy atom. The van der Waals surface area contributed by atoms with Gasteiger partial charge in [0.25, 0.3) is 11.8 Å². The number of anilines is 1. The van der Waals surface area contributed by atoms with E-state index in [1.54, 1.807) is 43.3 Å². The molecule has 0 radical (unpaired) electrons. The van der Waals surface area contributed by atoms with E-state index in [4.69, 9.17) is 0 Å². The van der Waals surface area contributed by atoms with E-state index in [0.717, 1.165) is 0 Å². The third kappa shape index (κ3) is 3.31. The minimum absolute atomic E-state index is 0.272. The zero-order valence-electron chi connectivity index (χ0n) is 14.4. The van der Waals surface area contributed by atoms with Crippen molar-refractivity contribution in [3.05, 3.63) is 65.7 Å². The fourth-order valence-corrected chi connectivity index (χ4v) is 3.16. The topological polar surface area (TPSA) is 86.7 Å². The first-order chi connectivity index (χ1) is 12.4. The van der Waals surface area contributed by atoms with Gasteiger partial charge < -0.3 is 15.3 Å². The van der Waals surface area contributed by atoms with Crippen LogP contribution < -0.4 is 5.32 Å². The van der Waals surface area contributed by atoms with E-state index in [0.29, 0.717) is 36.2 Å². The second-order valence-electron chi connectivity index (χ2n) is 6.54. The molecular formula is C20H20N2O4. The van der Waals surface area contributed by atoms with Crippen LogP contribution in [-0.4, -0.2) is 39.9 Å². The highest BCUT2D eigenvalue weighted by Crippen LogP contribution is 2.30. The lowest BCUT2D eigenvalue weighted by molar-refractivity contribution is -0.147. The predicted octanol–water partition coefficient (Wildman–Crippen LogP) is 3.02. The van der Waals surface area contributed by atoms with Crippen LogP contribution in [0.2, 0.25) is 0 Å². The third-order valence-electron chi connectivity index (χ3n) is 4.77. The molecule has 2 aromatic carbocycles. The molecule has 26 heavy (non-hydrogen) atoms. The van der Waals surface area contributed by atoms with Gasteiger partial charge >= 0.3 is 5.97 Å². The van der Waals surface area contributed by atoms with Crippen LogP contribution in [0.4, 0.5) is 5.69 Å². The highest BCUT2D eigenvalue weighted by Gasteiger charge is 2.46. The Balaban J connectivity index is 1.74. The van der Waals surface area contributed by atoms with Gasteiger partial charge in [0.2, 0.25) is 0 Å². The van der Waals surface area contributed by atoms with Crippen LogP contribution in [0.15, 0.2) is 54.6 Å². The highest BCUT2D eigenvalue weighted by molar-refractivity contribution is 6.05. The lowest BCUT2D eigenvalue weighted by atomic mass is 9.98. The van der Waals surface area contributed by atoms with E-state index < -0.39 is 11.5 Å². The van der Waals surface area contributed by atoms with E-state index in [1.807, 2.05) is 18.2 Å². The first kappa shape index (κ1) is 17.7. The lowest BCUT2D eigenvalue weighted by Crippen LogP contribution is -2.50. The number of likely N-dealkylation sites (tertiary alicyclic amines) is 1. The fraction of sp³-hybridized carbons (Fsp3) is 0.250. The summed E-state index contributed by atoms with van der Waals surface area (Å²) in [5.74, 6) is -1.60. The van der Waals surface area contributed by atoms with Gasteiger partial charge in [-0.25, -0.2) is 4.79 Å². The minimum Gasteiger partial charge on any atom is -0.480 e. The molecule has 0 aromatic heterocycles. The Morgan fingerprint density at radius 2 is 1.62 bits per heavy atom. The molecule has 1 heterocycles. The molecule has 134 valence electrons. The highest BCUT2D eigenvalue weighted by atomic mass is 16.4. The summed E-state index contributed by atoms with van der Waals surface area (Å²) >= 11 is 0.